The van der Waals surface area contributed by atoms with Crippen molar-refractivity contribution in [1.29, 1.82) is 0 Å². The van der Waals surface area contributed by atoms with Crippen LogP contribution in [0.1, 0.15) is 46.5 Å². The number of hydrogen-bond acceptors (Lipinski definition) is 7. The van der Waals surface area contributed by atoms with Gasteiger partial charge in [0, 0.05) is 42.3 Å². The molecule has 7 atom stereocenters. The molecule has 0 aliphatic carbocycles. The number of thioether (sulfide) groups is 1. The van der Waals surface area contributed by atoms with E-state index in [4.69, 9.17) is 5.73 Å². The maximum Gasteiger partial charge on any atom is 0.353 e. The summed E-state index contributed by atoms with van der Waals surface area (Å²) >= 11 is 1.47. The van der Waals surface area contributed by atoms with Crippen molar-refractivity contribution in [3.05, 3.63) is 10.6 Å². The number of carboxylic acids is 1. The third-order valence-electron chi connectivity index (χ3n) is 7.72. The van der Waals surface area contributed by atoms with Crippen LogP contribution < -0.4 is 11.1 Å². The lowest BCUT2D eigenvalue weighted by Gasteiger charge is -2.46. The monoisotopic (exact) mass is 507 g/mol. The van der Waals surface area contributed by atoms with E-state index in [2.05, 4.69) is 10.3 Å². The zero-order valence-electron chi connectivity index (χ0n) is 20.6. The number of β-lactam (4-membered cyclic amide) rings is 1. The van der Waals surface area contributed by atoms with E-state index < -0.39 is 18.0 Å². The highest BCUT2D eigenvalue weighted by Crippen LogP contribution is 2.51. The van der Waals surface area contributed by atoms with Crippen LogP contribution in [0.2, 0.25) is 0 Å². The largest absolute Gasteiger partial charge is 0.477 e. The number of nitrogens with two attached hydrogens (primary N) is 1. The third-order valence-corrected chi connectivity index (χ3v) is 9.23. The fourth-order valence-corrected chi connectivity index (χ4v) is 7.44. The number of hydrogen-bond donors (Lipinski definition) is 4. The second-order valence-electron chi connectivity index (χ2n) is 10.3. The Labute approximate surface area is 210 Å². The summed E-state index contributed by atoms with van der Waals surface area (Å²) in [4.78, 5) is 45.9. The summed E-state index contributed by atoms with van der Waals surface area (Å²) in [6, 6.07) is -0.589. The number of amides is 2. The number of aliphatic hydroxyl groups excluding tert-OH is 1. The standard InChI is InChI=1S/C24H37N5O5S/c1-12-19-18(13(2)30)23(32)29(19)20(24(33)34)21(12)35-16-9-17(27-10-16)22(31)28-8-6-15(11-28)5-4-7-26-14(3)25/h12-13,15-19,27,30H,4-11H2,1-3H3,(H2,25,26)(H,33,34)/t12-,13-,15?,16+,17+,18?,19?/m1/s1. The van der Waals surface area contributed by atoms with E-state index in [1.807, 2.05) is 11.8 Å². The van der Waals surface area contributed by atoms with Crippen LogP contribution in [-0.2, 0) is 14.4 Å². The van der Waals surface area contributed by atoms with Crippen molar-refractivity contribution in [2.45, 2.75) is 69.9 Å². The number of carbonyl (C=O) groups excluding carboxylic acids is 2. The molecule has 0 aromatic carbocycles. The third kappa shape index (κ3) is 5.08. The van der Waals surface area contributed by atoms with Crippen molar-refractivity contribution < 1.29 is 24.6 Å². The molecule has 4 heterocycles. The molecule has 0 saturated carbocycles. The number of aliphatic hydroxyl groups is 1. The molecule has 0 spiro atoms. The van der Waals surface area contributed by atoms with Crippen molar-refractivity contribution in [3.8, 4) is 0 Å². The molecule has 35 heavy (non-hydrogen) atoms. The second kappa shape index (κ2) is 10.5. The van der Waals surface area contributed by atoms with E-state index in [0.717, 1.165) is 38.9 Å². The topological polar surface area (TPSA) is 149 Å². The van der Waals surface area contributed by atoms with Crippen LogP contribution in [0.25, 0.3) is 0 Å². The van der Waals surface area contributed by atoms with Gasteiger partial charge in [-0.3, -0.25) is 14.6 Å². The number of likely N-dealkylation sites (tertiary alicyclic amines) is 1. The molecule has 194 valence electrons. The molecule has 10 nitrogen and oxygen atoms in total. The van der Waals surface area contributed by atoms with Gasteiger partial charge in [-0.25, -0.2) is 4.79 Å². The molecular formula is C24H37N5O5S. The minimum Gasteiger partial charge on any atom is -0.477 e. The zero-order valence-corrected chi connectivity index (χ0v) is 21.5. The number of nitrogens with one attached hydrogen (secondary N) is 1. The molecule has 4 rings (SSSR count). The summed E-state index contributed by atoms with van der Waals surface area (Å²) < 4.78 is 0. The van der Waals surface area contributed by atoms with E-state index in [9.17, 15) is 24.6 Å². The summed E-state index contributed by atoms with van der Waals surface area (Å²) in [5.41, 5.74) is 5.62. The van der Waals surface area contributed by atoms with Gasteiger partial charge >= 0.3 is 5.97 Å². The Morgan fingerprint density at radius 1 is 1.37 bits per heavy atom. The van der Waals surface area contributed by atoms with Crippen LogP contribution in [0.4, 0.5) is 0 Å². The highest BCUT2D eigenvalue weighted by molar-refractivity contribution is 8.03. The lowest BCUT2D eigenvalue weighted by atomic mass is 9.79. The Morgan fingerprint density at radius 2 is 2.11 bits per heavy atom. The van der Waals surface area contributed by atoms with Crippen LogP contribution >= 0.6 is 11.8 Å². The molecule has 11 heteroatoms. The van der Waals surface area contributed by atoms with E-state index in [-0.39, 0.29) is 40.8 Å². The summed E-state index contributed by atoms with van der Waals surface area (Å²) in [5, 5.41) is 23.2. The molecular weight excluding hydrogens is 470 g/mol. The first-order valence-electron chi connectivity index (χ1n) is 12.5. The van der Waals surface area contributed by atoms with Gasteiger partial charge in [0.1, 0.15) is 5.70 Å². The van der Waals surface area contributed by atoms with Crippen LogP contribution in [-0.4, -0.2) is 93.2 Å². The Hall–Kier alpha value is -2.11. The summed E-state index contributed by atoms with van der Waals surface area (Å²) in [7, 11) is 0. The Balaban J connectivity index is 1.32. The first-order valence-corrected chi connectivity index (χ1v) is 13.4. The maximum absolute atomic E-state index is 13.1. The number of carbonyl (C=O) groups is 3. The van der Waals surface area contributed by atoms with Crippen LogP contribution in [0, 0.1) is 17.8 Å². The molecule has 0 radical (unpaired) electrons. The Morgan fingerprint density at radius 3 is 2.77 bits per heavy atom. The number of rotatable bonds is 9. The molecule has 3 fully saturated rings. The predicted molar refractivity (Wildman–Crippen MR) is 134 cm³/mol. The van der Waals surface area contributed by atoms with Gasteiger partial charge in [-0.1, -0.05) is 6.92 Å². The fraction of sp³-hybridized carbons (Fsp3) is 0.750. The average Bonchev–Trinajstić information content (AvgIpc) is 3.49. The molecule has 0 aromatic heterocycles. The fourth-order valence-electron chi connectivity index (χ4n) is 5.96. The van der Waals surface area contributed by atoms with Crippen molar-refractivity contribution in [2.24, 2.45) is 28.5 Å². The minimum absolute atomic E-state index is 0.0423. The lowest BCUT2D eigenvalue weighted by molar-refractivity contribution is -0.163. The summed E-state index contributed by atoms with van der Waals surface area (Å²) in [6.07, 6.45) is 2.81. The van der Waals surface area contributed by atoms with Gasteiger partial charge in [-0.15, -0.1) is 11.8 Å². The van der Waals surface area contributed by atoms with Gasteiger partial charge < -0.3 is 31.1 Å². The number of aliphatic imine (C=N–C) groups is 1. The highest BCUT2D eigenvalue weighted by atomic mass is 32.2. The first kappa shape index (κ1) is 26.0. The SMILES string of the molecule is CC(N)=NCCCC1CCN(C(=O)[C@@H]2C[C@H](SC3=C(C(=O)O)N4C(=O)C([C@@H](C)O)C4[C@H]3C)CN2)C1. The molecule has 2 amide bonds. The number of carboxylic acid groups (broad SMARTS) is 1. The second-order valence-corrected chi connectivity index (χ2v) is 11.7. The highest BCUT2D eigenvalue weighted by Gasteiger charge is 2.60. The number of amidine groups is 1. The Bertz CT molecular complexity index is 933. The van der Waals surface area contributed by atoms with Crippen molar-refractivity contribution in [2.75, 3.05) is 26.2 Å². The quantitative estimate of drug-likeness (QED) is 0.154. The molecule has 3 saturated heterocycles. The van der Waals surface area contributed by atoms with E-state index in [1.54, 1.807) is 13.8 Å². The van der Waals surface area contributed by atoms with Gasteiger partial charge in [-0.2, -0.15) is 0 Å². The zero-order chi connectivity index (χ0) is 25.4. The molecule has 0 aromatic rings. The van der Waals surface area contributed by atoms with E-state index in [0.29, 0.717) is 29.6 Å². The average molecular weight is 508 g/mol. The van der Waals surface area contributed by atoms with Crippen LogP contribution in [0.5, 0.6) is 0 Å². The molecule has 0 bridgehead atoms. The van der Waals surface area contributed by atoms with Gasteiger partial charge in [0.15, 0.2) is 0 Å². The molecule has 5 N–H and O–H groups in total. The van der Waals surface area contributed by atoms with Crippen molar-refractivity contribution >= 4 is 35.4 Å². The minimum atomic E-state index is -1.12. The van der Waals surface area contributed by atoms with Crippen molar-refractivity contribution in [1.82, 2.24) is 15.1 Å². The van der Waals surface area contributed by atoms with Crippen LogP contribution in [0.3, 0.4) is 0 Å². The van der Waals surface area contributed by atoms with E-state index in [1.165, 1.54) is 16.7 Å². The van der Waals surface area contributed by atoms with Crippen molar-refractivity contribution in [3.63, 3.8) is 0 Å². The number of aliphatic carboxylic acids is 1. The van der Waals surface area contributed by atoms with Crippen LogP contribution in [0.15, 0.2) is 15.6 Å². The number of nitrogens with zero attached hydrogens (tertiary/aromatic N) is 3. The summed E-state index contributed by atoms with van der Waals surface area (Å²) in [5.74, 6) is -0.959. The predicted octanol–water partition coefficient (Wildman–Crippen LogP) is 0.610. The molecule has 3 unspecified atom stereocenters. The first-order chi connectivity index (χ1) is 16.6. The normalized spacial score (nSPS) is 33.8. The van der Waals surface area contributed by atoms with Gasteiger partial charge in [0.05, 0.1) is 29.9 Å². The van der Waals surface area contributed by atoms with E-state index >= 15 is 0 Å². The summed E-state index contributed by atoms with van der Waals surface area (Å²) in [6.45, 7) is 8.16. The molecule has 4 aliphatic rings. The van der Waals surface area contributed by atoms with Gasteiger partial charge in [0.25, 0.3) is 0 Å². The lowest BCUT2D eigenvalue weighted by Crippen LogP contribution is -2.63. The van der Waals surface area contributed by atoms with Gasteiger partial charge in [0.2, 0.25) is 11.8 Å². The maximum atomic E-state index is 13.1. The Kier molecular flexibility index (Phi) is 7.77. The molecule has 4 aliphatic heterocycles. The van der Waals surface area contributed by atoms with Gasteiger partial charge in [-0.05, 0) is 45.4 Å². The smallest absolute Gasteiger partial charge is 0.353 e. The number of fused-ring (bicyclic) bond motifs is 1.